The van der Waals surface area contributed by atoms with Gasteiger partial charge in [0.2, 0.25) is 0 Å². The molecule has 3 heterocycles. The summed E-state index contributed by atoms with van der Waals surface area (Å²) < 4.78 is 12.5. The standard InChI is InChI=1S/C21H19Cl2N5O2/c1-28-9-12(24)20(25)21(28)14-5-11-7-26-13(4-10(11)8-27-14)17-18(22)15(29-2)6-16(30-3)19(17)23/h4-9H,24-25H2,1-3H3. The average molecular weight is 444 g/mol. The molecule has 0 saturated heterocycles. The number of nitrogens with two attached hydrogens (primary N) is 2. The average Bonchev–Trinajstić information content (AvgIpc) is 2.99. The molecule has 0 unspecified atom stereocenters. The molecule has 154 valence electrons. The van der Waals surface area contributed by atoms with Gasteiger partial charge in [-0.25, -0.2) is 0 Å². The molecule has 0 aliphatic heterocycles. The number of nitrogen functional groups attached to an aromatic ring is 2. The number of methoxy groups -OCH3 is 2. The van der Waals surface area contributed by atoms with Crippen molar-refractivity contribution in [3.8, 4) is 34.1 Å². The summed E-state index contributed by atoms with van der Waals surface area (Å²) >= 11 is 13.0. The molecule has 4 N–H and O–H groups in total. The summed E-state index contributed by atoms with van der Waals surface area (Å²) in [4.78, 5) is 9.12. The second-order valence-corrected chi connectivity index (χ2v) is 7.48. The predicted octanol–water partition coefficient (Wildman–Crippen LogP) is 4.79. The topological polar surface area (TPSA) is 101 Å². The number of hydrogen-bond acceptors (Lipinski definition) is 6. The highest BCUT2D eigenvalue weighted by molar-refractivity contribution is 6.41. The van der Waals surface area contributed by atoms with Gasteiger partial charge in [0, 0.05) is 48.0 Å². The van der Waals surface area contributed by atoms with E-state index in [1.807, 2.05) is 23.7 Å². The Morgan fingerprint density at radius 1 is 0.867 bits per heavy atom. The first-order valence-corrected chi connectivity index (χ1v) is 9.68. The Kier molecular flexibility index (Phi) is 5.09. The molecule has 4 aromatic rings. The summed E-state index contributed by atoms with van der Waals surface area (Å²) in [7, 11) is 4.93. The number of aromatic nitrogens is 3. The fourth-order valence-corrected chi connectivity index (χ4v) is 4.10. The van der Waals surface area contributed by atoms with E-state index in [4.69, 9.17) is 44.1 Å². The molecule has 0 spiro atoms. The maximum atomic E-state index is 6.52. The minimum atomic E-state index is 0.354. The minimum absolute atomic E-state index is 0.354. The van der Waals surface area contributed by atoms with Crippen molar-refractivity contribution in [1.82, 2.24) is 14.5 Å². The third-order valence-corrected chi connectivity index (χ3v) is 5.68. The zero-order valence-corrected chi connectivity index (χ0v) is 18.0. The smallest absolute Gasteiger partial charge is 0.141 e. The van der Waals surface area contributed by atoms with Crippen molar-refractivity contribution >= 4 is 45.3 Å². The number of anilines is 2. The SMILES string of the molecule is COc1cc(OC)c(Cl)c(-c2cc3cnc(-c4c(N)c(N)cn4C)cc3cn2)c1Cl. The van der Waals surface area contributed by atoms with Crippen LogP contribution < -0.4 is 20.9 Å². The molecular formula is C21H19Cl2N5O2. The second kappa shape index (κ2) is 7.59. The van der Waals surface area contributed by atoms with Gasteiger partial charge in [-0.15, -0.1) is 0 Å². The first kappa shape index (κ1) is 20.1. The Labute approximate surface area is 183 Å². The van der Waals surface area contributed by atoms with Crippen LogP contribution in [0.2, 0.25) is 10.0 Å². The quantitative estimate of drug-likeness (QED) is 0.469. The maximum Gasteiger partial charge on any atom is 0.141 e. The number of pyridine rings is 2. The summed E-state index contributed by atoms with van der Waals surface area (Å²) in [5, 5.41) is 2.45. The van der Waals surface area contributed by atoms with Crippen molar-refractivity contribution in [2.24, 2.45) is 7.05 Å². The largest absolute Gasteiger partial charge is 0.495 e. The van der Waals surface area contributed by atoms with Gasteiger partial charge in [0.1, 0.15) is 11.5 Å². The van der Waals surface area contributed by atoms with Crippen LogP contribution in [-0.2, 0) is 7.05 Å². The molecule has 0 atom stereocenters. The molecule has 4 rings (SSSR count). The number of hydrogen-bond donors (Lipinski definition) is 2. The molecule has 0 radical (unpaired) electrons. The number of benzene rings is 1. The van der Waals surface area contributed by atoms with Gasteiger partial charge in [-0.2, -0.15) is 0 Å². The van der Waals surface area contributed by atoms with Crippen LogP contribution in [-0.4, -0.2) is 28.8 Å². The number of nitrogens with zero attached hydrogens (tertiary/aromatic N) is 3. The first-order chi connectivity index (χ1) is 14.3. The molecule has 7 nitrogen and oxygen atoms in total. The van der Waals surface area contributed by atoms with E-state index in [-0.39, 0.29) is 0 Å². The molecule has 30 heavy (non-hydrogen) atoms. The molecule has 0 fully saturated rings. The van der Waals surface area contributed by atoms with Gasteiger partial charge >= 0.3 is 0 Å². The molecule has 0 saturated carbocycles. The normalized spacial score (nSPS) is 11.1. The van der Waals surface area contributed by atoms with Crippen molar-refractivity contribution < 1.29 is 9.47 Å². The number of aryl methyl sites for hydroxylation is 1. The van der Waals surface area contributed by atoms with Crippen molar-refractivity contribution in [1.29, 1.82) is 0 Å². The van der Waals surface area contributed by atoms with E-state index >= 15 is 0 Å². The highest BCUT2D eigenvalue weighted by Gasteiger charge is 2.20. The Hall–Kier alpha value is -3.16. The third-order valence-electron chi connectivity index (χ3n) is 4.93. The molecule has 3 aromatic heterocycles. The van der Waals surface area contributed by atoms with Gasteiger partial charge in [0.15, 0.2) is 0 Å². The lowest BCUT2D eigenvalue weighted by Gasteiger charge is -2.14. The zero-order valence-electron chi connectivity index (χ0n) is 16.5. The highest BCUT2D eigenvalue weighted by Crippen LogP contribution is 2.45. The minimum Gasteiger partial charge on any atom is -0.495 e. The van der Waals surface area contributed by atoms with E-state index in [0.29, 0.717) is 49.9 Å². The summed E-state index contributed by atoms with van der Waals surface area (Å²) in [5.41, 5.74) is 15.6. The van der Waals surface area contributed by atoms with E-state index in [9.17, 15) is 0 Å². The summed E-state index contributed by atoms with van der Waals surface area (Å²) in [6, 6.07) is 5.41. The number of fused-ring (bicyclic) bond motifs is 1. The highest BCUT2D eigenvalue weighted by atomic mass is 35.5. The van der Waals surface area contributed by atoms with E-state index in [1.54, 1.807) is 24.7 Å². The summed E-state index contributed by atoms with van der Waals surface area (Å²) in [5.74, 6) is 0.889. The second-order valence-electron chi connectivity index (χ2n) is 6.73. The fraction of sp³-hybridized carbons (Fsp3) is 0.143. The monoisotopic (exact) mass is 443 g/mol. The molecule has 0 aliphatic carbocycles. The molecule has 0 aliphatic rings. The van der Waals surface area contributed by atoms with Crippen LogP contribution in [0.4, 0.5) is 11.4 Å². The molecule has 0 amide bonds. The zero-order chi connectivity index (χ0) is 21.6. The van der Waals surface area contributed by atoms with Gasteiger partial charge in [-0.05, 0) is 12.1 Å². The lowest BCUT2D eigenvalue weighted by molar-refractivity contribution is 0.395. The first-order valence-electron chi connectivity index (χ1n) is 8.92. The maximum absolute atomic E-state index is 6.52. The van der Waals surface area contributed by atoms with E-state index in [2.05, 4.69) is 9.97 Å². The van der Waals surface area contributed by atoms with Crippen molar-refractivity contribution in [3.05, 3.63) is 46.8 Å². The van der Waals surface area contributed by atoms with Crippen LogP contribution in [0.25, 0.3) is 33.4 Å². The lowest BCUT2D eigenvalue weighted by atomic mass is 10.1. The van der Waals surface area contributed by atoms with Crippen LogP contribution in [0.1, 0.15) is 0 Å². The summed E-state index contributed by atoms with van der Waals surface area (Å²) in [6.07, 6.45) is 5.24. The number of halogens is 2. The number of ether oxygens (including phenoxy) is 2. The third kappa shape index (κ3) is 3.16. The van der Waals surface area contributed by atoms with Gasteiger partial charge < -0.3 is 25.5 Å². The fourth-order valence-electron chi connectivity index (χ4n) is 3.40. The van der Waals surface area contributed by atoms with Crippen molar-refractivity contribution in [2.75, 3.05) is 25.7 Å². The Bertz CT molecular complexity index is 1260. The Balaban J connectivity index is 1.86. The van der Waals surface area contributed by atoms with Gasteiger partial charge in [0.25, 0.3) is 0 Å². The molecule has 0 bridgehead atoms. The van der Waals surface area contributed by atoms with E-state index in [1.165, 1.54) is 14.2 Å². The van der Waals surface area contributed by atoms with Crippen LogP contribution in [0, 0.1) is 0 Å². The Morgan fingerprint density at radius 2 is 1.40 bits per heavy atom. The van der Waals surface area contributed by atoms with Gasteiger partial charge in [-0.3, -0.25) is 9.97 Å². The van der Waals surface area contributed by atoms with Crippen LogP contribution >= 0.6 is 23.2 Å². The van der Waals surface area contributed by atoms with Crippen LogP contribution in [0.5, 0.6) is 11.5 Å². The van der Waals surface area contributed by atoms with E-state index in [0.717, 1.165) is 16.5 Å². The van der Waals surface area contributed by atoms with Crippen LogP contribution in [0.3, 0.4) is 0 Å². The summed E-state index contributed by atoms with van der Waals surface area (Å²) in [6.45, 7) is 0. The van der Waals surface area contributed by atoms with Gasteiger partial charge in [-0.1, -0.05) is 23.2 Å². The van der Waals surface area contributed by atoms with Crippen molar-refractivity contribution in [3.63, 3.8) is 0 Å². The van der Waals surface area contributed by atoms with Gasteiger partial charge in [0.05, 0.1) is 52.7 Å². The lowest BCUT2D eigenvalue weighted by Crippen LogP contribution is -1.97. The van der Waals surface area contributed by atoms with E-state index < -0.39 is 0 Å². The molecular weight excluding hydrogens is 425 g/mol. The Morgan fingerprint density at radius 3 is 1.90 bits per heavy atom. The van der Waals surface area contributed by atoms with Crippen LogP contribution in [0.15, 0.2) is 36.8 Å². The van der Waals surface area contributed by atoms with Crippen molar-refractivity contribution in [2.45, 2.75) is 0 Å². The molecule has 9 heteroatoms. The predicted molar refractivity (Wildman–Crippen MR) is 121 cm³/mol. The number of rotatable bonds is 4. The molecule has 1 aromatic carbocycles.